The average molecular weight is 188 g/mol. The number of halogens is 1. The van der Waals surface area contributed by atoms with E-state index in [2.05, 4.69) is 0 Å². The maximum Gasteiger partial charge on any atom is 0.121 e. The molecule has 0 fully saturated rings. The number of phenolic OH excluding ortho intramolecular Hbond substituents is 1. The molecule has 0 aliphatic heterocycles. The van der Waals surface area contributed by atoms with Gasteiger partial charge in [0.2, 0.25) is 0 Å². The Balaban J connectivity index is 3.01. The van der Waals surface area contributed by atoms with Gasteiger partial charge in [0.05, 0.1) is 12.6 Å². The molecule has 1 rings (SSSR count). The fourth-order valence-corrected chi connectivity index (χ4v) is 1.10. The van der Waals surface area contributed by atoms with E-state index in [1.807, 2.05) is 0 Å². The highest BCUT2D eigenvalue weighted by Gasteiger charge is 2.09. The average Bonchev–Trinajstić information content (AvgIpc) is 2.03. The zero-order valence-corrected chi connectivity index (χ0v) is 7.12. The third-order valence-electron chi connectivity index (χ3n) is 1.59. The number of aromatic hydroxyl groups is 1. The normalized spacial score (nSPS) is 12.9. The van der Waals surface area contributed by atoms with Crippen molar-refractivity contribution in [2.45, 2.75) is 6.04 Å². The van der Waals surface area contributed by atoms with Crippen LogP contribution in [0.15, 0.2) is 18.2 Å². The summed E-state index contributed by atoms with van der Waals surface area (Å²) >= 11 is 5.60. The van der Waals surface area contributed by atoms with Crippen LogP contribution >= 0.6 is 11.6 Å². The first-order chi connectivity index (χ1) is 5.65. The standard InChI is InChI=1S/C8H10ClNO2/c9-5-1-2-6(7(10)4-11)8(12)3-5/h1-3,7,11-12H,4,10H2/t7-/m0/s1. The molecular weight excluding hydrogens is 178 g/mol. The fraction of sp³-hybridized carbons (Fsp3) is 0.250. The van der Waals surface area contributed by atoms with Crippen molar-refractivity contribution in [2.75, 3.05) is 6.61 Å². The molecule has 1 atom stereocenters. The van der Waals surface area contributed by atoms with Gasteiger partial charge in [0.25, 0.3) is 0 Å². The fourth-order valence-electron chi connectivity index (χ4n) is 0.929. The van der Waals surface area contributed by atoms with E-state index in [4.69, 9.17) is 22.4 Å². The van der Waals surface area contributed by atoms with Crippen molar-refractivity contribution < 1.29 is 10.2 Å². The van der Waals surface area contributed by atoms with Gasteiger partial charge < -0.3 is 15.9 Å². The van der Waals surface area contributed by atoms with E-state index in [1.54, 1.807) is 12.1 Å². The van der Waals surface area contributed by atoms with Crippen LogP contribution in [0.2, 0.25) is 5.02 Å². The second kappa shape index (κ2) is 3.76. The van der Waals surface area contributed by atoms with Crippen LogP contribution in [-0.4, -0.2) is 16.8 Å². The van der Waals surface area contributed by atoms with Gasteiger partial charge in [-0.2, -0.15) is 0 Å². The van der Waals surface area contributed by atoms with E-state index < -0.39 is 6.04 Å². The van der Waals surface area contributed by atoms with Crippen molar-refractivity contribution in [3.63, 3.8) is 0 Å². The zero-order chi connectivity index (χ0) is 9.14. The summed E-state index contributed by atoms with van der Waals surface area (Å²) < 4.78 is 0. The van der Waals surface area contributed by atoms with Crippen LogP contribution in [0.25, 0.3) is 0 Å². The van der Waals surface area contributed by atoms with Crippen LogP contribution < -0.4 is 5.73 Å². The Labute approximate surface area is 75.4 Å². The molecule has 0 heterocycles. The Morgan fingerprint density at radius 1 is 1.50 bits per heavy atom. The first kappa shape index (κ1) is 9.32. The number of benzene rings is 1. The third-order valence-corrected chi connectivity index (χ3v) is 1.82. The Morgan fingerprint density at radius 3 is 2.67 bits per heavy atom. The van der Waals surface area contributed by atoms with E-state index in [0.717, 1.165) is 0 Å². The van der Waals surface area contributed by atoms with Crippen molar-refractivity contribution in [3.8, 4) is 5.75 Å². The lowest BCUT2D eigenvalue weighted by Crippen LogP contribution is -2.14. The van der Waals surface area contributed by atoms with Gasteiger partial charge in [0.1, 0.15) is 5.75 Å². The first-order valence-electron chi connectivity index (χ1n) is 3.50. The molecule has 0 radical (unpaired) electrons. The predicted octanol–water partition coefficient (Wildman–Crippen LogP) is 1.04. The molecule has 0 saturated carbocycles. The van der Waals surface area contributed by atoms with Crippen LogP contribution in [0.3, 0.4) is 0 Å². The molecule has 66 valence electrons. The quantitative estimate of drug-likeness (QED) is 0.648. The van der Waals surface area contributed by atoms with Crippen molar-refractivity contribution in [1.29, 1.82) is 0 Å². The number of aliphatic hydroxyl groups is 1. The summed E-state index contributed by atoms with van der Waals surface area (Å²) in [7, 11) is 0. The summed E-state index contributed by atoms with van der Waals surface area (Å²) in [5.41, 5.74) is 5.99. The lowest BCUT2D eigenvalue weighted by molar-refractivity contribution is 0.265. The molecule has 12 heavy (non-hydrogen) atoms. The van der Waals surface area contributed by atoms with Crippen LogP contribution in [0, 0.1) is 0 Å². The zero-order valence-electron chi connectivity index (χ0n) is 6.37. The molecule has 0 saturated heterocycles. The highest BCUT2D eigenvalue weighted by molar-refractivity contribution is 6.30. The van der Waals surface area contributed by atoms with Crippen LogP contribution in [0.5, 0.6) is 5.75 Å². The SMILES string of the molecule is N[C@@H](CO)c1ccc(Cl)cc1O. The topological polar surface area (TPSA) is 66.5 Å². The van der Waals surface area contributed by atoms with Crippen LogP contribution in [-0.2, 0) is 0 Å². The van der Waals surface area contributed by atoms with E-state index >= 15 is 0 Å². The highest BCUT2D eigenvalue weighted by atomic mass is 35.5. The Bertz CT molecular complexity index is 278. The molecule has 0 aromatic heterocycles. The van der Waals surface area contributed by atoms with E-state index in [0.29, 0.717) is 10.6 Å². The number of nitrogens with two attached hydrogens (primary N) is 1. The maximum absolute atomic E-state index is 9.32. The van der Waals surface area contributed by atoms with Gasteiger partial charge in [-0.25, -0.2) is 0 Å². The number of hydrogen-bond donors (Lipinski definition) is 3. The van der Waals surface area contributed by atoms with E-state index in [9.17, 15) is 5.11 Å². The summed E-state index contributed by atoms with van der Waals surface area (Å²) in [6.07, 6.45) is 0. The van der Waals surface area contributed by atoms with Crippen molar-refractivity contribution in [2.24, 2.45) is 5.73 Å². The number of rotatable bonds is 2. The van der Waals surface area contributed by atoms with Crippen molar-refractivity contribution >= 4 is 11.6 Å². The smallest absolute Gasteiger partial charge is 0.121 e. The number of phenols is 1. The third kappa shape index (κ3) is 1.88. The van der Waals surface area contributed by atoms with Gasteiger partial charge in [-0.3, -0.25) is 0 Å². The Morgan fingerprint density at radius 2 is 2.17 bits per heavy atom. The molecule has 1 aromatic rings. The number of hydrogen-bond acceptors (Lipinski definition) is 3. The van der Waals surface area contributed by atoms with Crippen LogP contribution in [0.1, 0.15) is 11.6 Å². The lowest BCUT2D eigenvalue weighted by atomic mass is 10.1. The molecule has 0 spiro atoms. The van der Waals surface area contributed by atoms with Gasteiger partial charge in [0.15, 0.2) is 0 Å². The summed E-state index contributed by atoms with van der Waals surface area (Å²) in [4.78, 5) is 0. The molecule has 1 aromatic carbocycles. The van der Waals surface area contributed by atoms with Gasteiger partial charge in [-0.1, -0.05) is 17.7 Å². The molecule has 4 heteroatoms. The molecule has 0 bridgehead atoms. The molecule has 0 aliphatic carbocycles. The van der Waals surface area contributed by atoms with E-state index in [1.165, 1.54) is 6.07 Å². The van der Waals surface area contributed by atoms with Gasteiger partial charge >= 0.3 is 0 Å². The van der Waals surface area contributed by atoms with Crippen molar-refractivity contribution in [3.05, 3.63) is 28.8 Å². The van der Waals surface area contributed by atoms with Gasteiger partial charge in [0, 0.05) is 10.6 Å². The Kier molecular flexibility index (Phi) is 2.92. The van der Waals surface area contributed by atoms with Gasteiger partial charge in [-0.05, 0) is 12.1 Å². The predicted molar refractivity (Wildman–Crippen MR) is 47.1 cm³/mol. The Hall–Kier alpha value is -0.770. The van der Waals surface area contributed by atoms with E-state index in [-0.39, 0.29) is 12.4 Å². The minimum atomic E-state index is -0.553. The number of aliphatic hydroxyl groups excluding tert-OH is 1. The molecular formula is C8H10ClNO2. The first-order valence-corrected chi connectivity index (χ1v) is 3.88. The minimum Gasteiger partial charge on any atom is -0.508 e. The monoisotopic (exact) mass is 187 g/mol. The largest absolute Gasteiger partial charge is 0.508 e. The van der Waals surface area contributed by atoms with Crippen LogP contribution in [0.4, 0.5) is 0 Å². The molecule has 3 nitrogen and oxygen atoms in total. The molecule has 4 N–H and O–H groups in total. The molecule has 0 amide bonds. The summed E-state index contributed by atoms with van der Waals surface area (Å²) in [5, 5.41) is 18.5. The maximum atomic E-state index is 9.32. The molecule has 0 unspecified atom stereocenters. The summed E-state index contributed by atoms with van der Waals surface area (Å²) in [6.45, 7) is -0.199. The summed E-state index contributed by atoms with van der Waals surface area (Å²) in [6, 6.07) is 4.05. The molecule has 0 aliphatic rings. The minimum absolute atomic E-state index is 0.0176. The van der Waals surface area contributed by atoms with Crippen molar-refractivity contribution in [1.82, 2.24) is 0 Å². The second-order valence-corrected chi connectivity index (χ2v) is 2.93. The highest BCUT2D eigenvalue weighted by Crippen LogP contribution is 2.25. The summed E-state index contributed by atoms with van der Waals surface area (Å²) in [5.74, 6) is 0.0176. The van der Waals surface area contributed by atoms with Gasteiger partial charge in [-0.15, -0.1) is 0 Å². The second-order valence-electron chi connectivity index (χ2n) is 2.49. The lowest BCUT2D eigenvalue weighted by Gasteiger charge is -2.10.